The summed E-state index contributed by atoms with van der Waals surface area (Å²) >= 11 is 0. The van der Waals surface area contributed by atoms with Crippen molar-refractivity contribution >= 4 is 0 Å². The maximum atomic E-state index is 5.63. The van der Waals surface area contributed by atoms with Crippen molar-refractivity contribution in [1.29, 1.82) is 0 Å². The van der Waals surface area contributed by atoms with Gasteiger partial charge in [-0.15, -0.1) is 0 Å². The topological polar surface area (TPSA) is 21.3 Å². The van der Waals surface area contributed by atoms with Crippen molar-refractivity contribution < 1.29 is 4.74 Å². The highest BCUT2D eigenvalue weighted by Crippen LogP contribution is 2.13. The Bertz CT molecular complexity index is 308. The Balaban J connectivity index is 2.47. The van der Waals surface area contributed by atoms with Gasteiger partial charge in [0.25, 0.3) is 0 Å². The summed E-state index contributed by atoms with van der Waals surface area (Å²) in [6, 6.07) is 8.99. The van der Waals surface area contributed by atoms with Gasteiger partial charge in [0.1, 0.15) is 5.75 Å². The Morgan fingerprint density at radius 3 is 2.59 bits per heavy atom. The average molecular weight is 235 g/mol. The maximum absolute atomic E-state index is 5.63. The highest BCUT2D eigenvalue weighted by Gasteiger charge is 2.02. The second kappa shape index (κ2) is 8.13. The van der Waals surface area contributed by atoms with Crippen LogP contribution in [0.3, 0.4) is 0 Å². The van der Waals surface area contributed by atoms with Crippen molar-refractivity contribution in [3.63, 3.8) is 0 Å². The van der Waals surface area contributed by atoms with E-state index in [1.54, 1.807) is 0 Å². The molecule has 1 aromatic rings. The summed E-state index contributed by atoms with van der Waals surface area (Å²) in [5.74, 6) is 0.982. The molecule has 17 heavy (non-hydrogen) atoms. The molecule has 0 aliphatic rings. The highest BCUT2D eigenvalue weighted by molar-refractivity contribution is 5.28. The standard InChI is InChI=1S/C15H25NO/c1-4-10-17-15-9-7-8-13(11-15)12-16-14(5-2)6-3/h7-9,11,14,16H,4-6,10,12H2,1-3H3. The molecule has 0 aliphatic carbocycles. The third kappa shape index (κ3) is 5.22. The molecule has 1 N–H and O–H groups in total. The molecular formula is C15H25NO. The van der Waals surface area contributed by atoms with Crippen molar-refractivity contribution in [3.8, 4) is 5.75 Å². The molecular weight excluding hydrogens is 210 g/mol. The molecule has 0 aromatic heterocycles. The molecule has 96 valence electrons. The van der Waals surface area contributed by atoms with Crippen molar-refractivity contribution in [2.75, 3.05) is 6.61 Å². The predicted octanol–water partition coefficient (Wildman–Crippen LogP) is 3.75. The quantitative estimate of drug-likeness (QED) is 0.741. The van der Waals surface area contributed by atoms with Crippen LogP contribution in [0.4, 0.5) is 0 Å². The van der Waals surface area contributed by atoms with E-state index in [1.807, 2.05) is 6.07 Å². The lowest BCUT2D eigenvalue weighted by atomic mass is 10.1. The number of rotatable bonds is 8. The molecule has 0 fully saturated rings. The number of ether oxygens (including phenoxy) is 1. The largest absolute Gasteiger partial charge is 0.494 e. The van der Waals surface area contributed by atoms with E-state index < -0.39 is 0 Å². The van der Waals surface area contributed by atoms with Crippen LogP contribution < -0.4 is 10.1 Å². The van der Waals surface area contributed by atoms with Crippen LogP contribution in [0.25, 0.3) is 0 Å². The van der Waals surface area contributed by atoms with Crippen molar-refractivity contribution in [2.45, 2.75) is 52.6 Å². The van der Waals surface area contributed by atoms with Crippen molar-refractivity contribution in [2.24, 2.45) is 0 Å². The van der Waals surface area contributed by atoms with Crippen LogP contribution in [0.5, 0.6) is 5.75 Å². The number of hydrogen-bond acceptors (Lipinski definition) is 2. The summed E-state index contributed by atoms with van der Waals surface area (Å²) in [6.07, 6.45) is 3.42. The number of nitrogens with one attached hydrogen (secondary N) is 1. The second-order valence-corrected chi connectivity index (χ2v) is 4.39. The number of benzene rings is 1. The van der Waals surface area contributed by atoms with E-state index >= 15 is 0 Å². The van der Waals surface area contributed by atoms with Crippen molar-refractivity contribution in [1.82, 2.24) is 5.32 Å². The Kier molecular flexibility index (Phi) is 6.71. The molecule has 0 radical (unpaired) electrons. The smallest absolute Gasteiger partial charge is 0.119 e. The van der Waals surface area contributed by atoms with Crippen LogP contribution in [-0.4, -0.2) is 12.6 Å². The zero-order valence-electron chi connectivity index (χ0n) is 11.3. The first-order valence-corrected chi connectivity index (χ1v) is 6.75. The highest BCUT2D eigenvalue weighted by atomic mass is 16.5. The van der Waals surface area contributed by atoms with Gasteiger partial charge in [-0.25, -0.2) is 0 Å². The second-order valence-electron chi connectivity index (χ2n) is 4.39. The van der Waals surface area contributed by atoms with Gasteiger partial charge in [-0.3, -0.25) is 0 Å². The first-order chi connectivity index (χ1) is 8.30. The maximum Gasteiger partial charge on any atom is 0.119 e. The Labute approximate surface area is 105 Å². The zero-order valence-corrected chi connectivity index (χ0v) is 11.3. The van der Waals surface area contributed by atoms with Gasteiger partial charge in [0, 0.05) is 12.6 Å². The van der Waals surface area contributed by atoms with E-state index in [2.05, 4.69) is 44.3 Å². The molecule has 0 atom stereocenters. The molecule has 0 heterocycles. The third-order valence-electron chi connectivity index (χ3n) is 2.95. The Hall–Kier alpha value is -1.02. The fourth-order valence-corrected chi connectivity index (χ4v) is 1.80. The van der Waals surface area contributed by atoms with Gasteiger partial charge < -0.3 is 10.1 Å². The minimum atomic E-state index is 0.621. The van der Waals surface area contributed by atoms with Gasteiger partial charge in [0.2, 0.25) is 0 Å². The first kappa shape index (κ1) is 14.0. The molecule has 0 spiro atoms. The van der Waals surface area contributed by atoms with Gasteiger partial charge >= 0.3 is 0 Å². The minimum Gasteiger partial charge on any atom is -0.494 e. The molecule has 0 amide bonds. The Morgan fingerprint density at radius 2 is 1.94 bits per heavy atom. The molecule has 2 heteroatoms. The normalized spacial score (nSPS) is 10.8. The van der Waals surface area contributed by atoms with Crippen LogP contribution in [0.2, 0.25) is 0 Å². The lowest BCUT2D eigenvalue weighted by molar-refractivity contribution is 0.317. The molecule has 0 bridgehead atoms. The van der Waals surface area contributed by atoms with Crippen LogP contribution >= 0.6 is 0 Å². The molecule has 0 aliphatic heterocycles. The van der Waals surface area contributed by atoms with E-state index in [-0.39, 0.29) is 0 Å². The summed E-state index contributed by atoms with van der Waals surface area (Å²) in [5, 5.41) is 3.56. The van der Waals surface area contributed by atoms with Crippen LogP contribution in [0.15, 0.2) is 24.3 Å². The van der Waals surface area contributed by atoms with Crippen LogP contribution in [-0.2, 0) is 6.54 Å². The molecule has 1 aromatic carbocycles. The van der Waals surface area contributed by atoms with Crippen molar-refractivity contribution in [3.05, 3.63) is 29.8 Å². The molecule has 0 saturated heterocycles. The SMILES string of the molecule is CCCOc1cccc(CNC(CC)CC)c1. The van der Waals surface area contributed by atoms with Crippen LogP contribution in [0.1, 0.15) is 45.6 Å². The van der Waals surface area contributed by atoms with E-state index in [4.69, 9.17) is 4.74 Å². The van der Waals surface area contributed by atoms with Crippen LogP contribution in [0, 0.1) is 0 Å². The van der Waals surface area contributed by atoms with Gasteiger partial charge in [-0.1, -0.05) is 32.9 Å². The molecule has 1 rings (SSSR count). The van der Waals surface area contributed by atoms with Gasteiger partial charge in [0.15, 0.2) is 0 Å². The first-order valence-electron chi connectivity index (χ1n) is 6.75. The third-order valence-corrected chi connectivity index (χ3v) is 2.95. The van der Waals surface area contributed by atoms with E-state index in [0.717, 1.165) is 25.3 Å². The van der Waals surface area contributed by atoms with Gasteiger partial charge in [-0.2, -0.15) is 0 Å². The summed E-state index contributed by atoms with van der Waals surface area (Å²) in [7, 11) is 0. The van der Waals surface area contributed by atoms with E-state index in [9.17, 15) is 0 Å². The fraction of sp³-hybridized carbons (Fsp3) is 0.600. The van der Waals surface area contributed by atoms with Gasteiger partial charge in [-0.05, 0) is 37.0 Å². The average Bonchev–Trinajstić information content (AvgIpc) is 2.38. The lowest BCUT2D eigenvalue weighted by Gasteiger charge is -2.15. The summed E-state index contributed by atoms with van der Waals surface area (Å²) < 4.78 is 5.63. The fourth-order valence-electron chi connectivity index (χ4n) is 1.80. The Morgan fingerprint density at radius 1 is 1.18 bits per heavy atom. The predicted molar refractivity (Wildman–Crippen MR) is 73.4 cm³/mol. The summed E-state index contributed by atoms with van der Waals surface area (Å²) in [4.78, 5) is 0. The molecule has 0 unspecified atom stereocenters. The van der Waals surface area contributed by atoms with E-state index in [1.165, 1.54) is 18.4 Å². The zero-order chi connectivity index (χ0) is 12.5. The number of hydrogen-bond donors (Lipinski definition) is 1. The summed E-state index contributed by atoms with van der Waals surface area (Å²) in [5.41, 5.74) is 1.30. The van der Waals surface area contributed by atoms with E-state index in [0.29, 0.717) is 6.04 Å². The lowest BCUT2D eigenvalue weighted by Crippen LogP contribution is -2.26. The van der Waals surface area contributed by atoms with Gasteiger partial charge in [0.05, 0.1) is 6.61 Å². The molecule has 2 nitrogen and oxygen atoms in total. The molecule has 0 saturated carbocycles. The monoisotopic (exact) mass is 235 g/mol. The minimum absolute atomic E-state index is 0.621. The summed E-state index contributed by atoms with van der Waals surface area (Å²) in [6.45, 7) is 8.29.